The molecule has 176 valence electrons. The number of carboxylic acid groups (broad SMARTS) is 1. The molecule has 2 N–H and O–H groups in total. The third-order valence-electron chi connectivity index (χ3n) is 5.63. The van der Waals surface area contributed by atoms with Crippen molar-refractivity contribution in [1.82, 2.24) is 5.32 Å². The van der Waals surface area contributed by atoms with Crippen LogP contribution in [0, 0.1) is 5.92 Å². The fraction of sp³-hybridized carbons (Fsp3) is 0.692. The predicted octanol–water partition coefficient (Wildman–Crippen LogP) is 5.89. The van der Waals surface area contributed by atoms with Gasteiger partial charge in [-0.05, 0) is 50.7 Å². The van der Waals surface area contributed by atoms with Gasteiger partial charge in [0.15, 0.2) is 5.92 Å². The maximum Gasteiger partial charge on any atom is 0.320 e. The zero-order valence-electron chi connectivity index (χ0n) is 20.0. The highest BCUT2D eigenvalue weighted by Crippen LogP contribution is 2.15. The van der Waals surface area contributed by atoms with Crippen molar-refractivity contribution >= 4 is 11.9 Å². The summed E-state index contributed by atoms with van der Waals surface area (Å²) in [6, 6.07) is 8.59. The third kappa shape index (κ3) is 11.9. The molecule has 0 aliphatic rings. The quantitative estimate of drug-likeness (QED) is 0.182. The lowest BCUT2D eigenvalue weighted by Crippen LogP contribution is -2.36. The van der Waals surface area contributed by atoms with Crippen LogP contribution in [0.4, 0.5) is 0 Å². The van der Waals surface area contributed by atoms with Gasteiger partial charge in [0.05, 0.1) is 6.10 Å². The van der Waals surface area contributed by atoms with E-state index in [1.807, 2.05) is 6.92 Å². The largest absolute Gasteiger partial charge is 0.481 e. The van der Waals surface area contributed by atoms with E-state index in [1.54, 1.807) is 13.8 Å². The Hall–Kier alpha value is -1.88. The molecule has 0 amide bonds. The van der Waals surface area contributed by atoms with Crippen molar-refractivity contribution in [2.24, 2.45) is 5.92 Å². The van der Waals surface area contributed by atoms with Crippen molar-refractivity contribution < 1.29 is 19.4 Å². The van der Waals surface area contributed by atoms with E-state index in [-0.39, 0.29) is 18.6 Å². The fourth-order valence-corrected chi connectivity index (χ4v) is 3.66. The number of hydrogen-bond acceptors (Lipinski definition) is 4. The van der Waals surface area contributed by atoms with Crippen molar-refractivity contribution in [2.45, 2.75) is 111 Å². The number of aryl methyl sites for hydroxylation is 1. The van der Waals surface area contributed by atoms with E-state index in [9.17, 15) is 14.7 Å². The first-order chi connectivity index (χ1) is 14.9. The zero-order chi connectivity index (χ0) is 23.1. The molecule has 0 heterocycles. The van der Waals surface area contributed by atoms with Crippen LogP contribution in [0.3, 0.4) is 0 Å². The minimum Gasteiger partial charge on any atom is -0.481 e. The van der Waals surface area contributed by atoms with Crippen LogP contribution in [-0.2, 0) is 27.3 Å². The molecule has 5 heteroatoms. The van der Waals surface area contributed by atoms with E-state index in [0.717, 1.165) is 12.8 Å². The van der Waals surface area contributed by atoms with Crippen LogP contribution in [0.15, 0.2) is 24.3 Å². The zero-order valence-corrected chi connectivity index (χ0v) is 20.0. The number of carbonyl (C=O) groups is 2. The van der Waals surface area contributed by atoms with E-state index in [0.29, 0.717) is 6.54 Å². The summed E-state index contributed by atoms with van der Waals surface area (Å²) in [6.07, 6.45) is 11.0. The van der Waals surface area contributed by atoms with Gasteiger partial charge in [0.1, 0.15) is 0 Å². The number of carboxylic acids is 1. The number of benzene rings is 1. The number of hydrogen-bond donors (Lipinski definition) is 2. The highest BCUT2D eigenvalue weighted by molar-refractivity contribution is 5.94. The Balaban J connectivity index is 2.42. The smallest absolute Gasteiger partial charge is 0.320 e. The van der Waals surface area contributed by atoms with Crippen LogP contribution in [0.25, 0.3) is 0 Å². The first-order valence-electron chi connectivity index (χ1n) is 12.1. The Kier molecular flexibility index (Phi) is 13.9. The molecule has 0 bridgehead atoms. The number of ether oxygens (including phenoxy) is 1. The van der Waals surface area contributed by atoms with Crippen molar-refractivity contribution in [2.75, 3.05) is 0 Å². The van der Waals surface area contributed by atoms with Gasteiger partial charge in [-0.3, -0.25) is 9.59 Å². The van der Waals surface area contributed by atoms with E-state index in [2.05, 4.69) is 36.5 Å². The standard InChI is InChI=1S/C26H43NO4/c1-5-7-8-9-10-11-12-13-21-14-16-22(17-15-21)19-27-23(6-2)18-24(25(28)29)26(30)31-20(3)4/h14-17,20,23-24,27H,5-13,18-19H2,1-4H3,(H,28,29). The van der Waals surface area contributed by atoms with Gasteiger partial charge in [-0.1, -0.05) is 76.6 Å². The SMILES string of the molecule is CCCCCCCCCc1ccc(CNC(CC)CC(C(=O)O)C(=O)OC(C)C)cc1. The van der Waals surface area contributed by atoms with Crippen LogP contribution in [0.1, 0.15) is 96.6 Å². The molecule has 1 rings (SSSR count). The molecular formula is C26H43NO4. The molecule has 0 fully saturated rings. The Bertz CT molecular complexity index is 627. The molecule has 0 aromatic heterocycles. The lowest BCUT2D eigenvalue weighted by Gasteiger charge is -2.21. The normalized spacial score (nSPS) is 13.2. The number of aliphatic carboxylic acids is 1. The predicted molar refractivity (Wildman–Crippen MR) is 126 cm³/mol. The molecule has 0 saturated heterocycles. The molecule has 2 unspecified atom stereocenters. The Labute approximate surface area is 189 Å². The first-order valence-corrected chi connectivity index (χ1v) is 12.1. The molecule has 31 heavy (non-hydrogen) atoms. The van der Waals surface area contributed by atoms with Crippen LogP contribution in [0.2, 0.25) is 0 Å². The molecule has 0 radical (unpaired) electrons. The summed E-state index contributed by atoms with van der Waals surface area (Å²) in [4.78, 5) is 23.6. The second kappa shape index (κ2) is 15.9. The fourth-order valence-electron chi connectivity index (χ4n) is 3.66. The molecule has 1 aromatic rings. The summed E-state index contributed by atoms with van der Waals surface area (Å²) < 4.78 is 5.11. The highest BCUT2D eigenvalue weighted by Gasteiger charge is 2.31. The summed E-state index contributed by atoms with van der Waals surface area (Å²) >= 11 is 0. The average molecular weight is 434 g/mol. The van der Waals surface area contributed by atoms with Gasteiger partial charge in [-0.2, -0.15) is 0 Å². The summed E-state index contributed by atoms with van der Waals surface area (Å²) in [5, 5.41) is 12.8. The van der Waals surface area contributed by atoms with Crippen molar-refractivity contribution in [3.05, 3.63) is 35.4 Å². The molecule has 0 spiro atoms. The van der Waals surface area contributed by atoms with Crippen molar-refractivity contribution in [3.8, 4) is 0 Å². The first kappa shape index (κ1) is 27.2. The Morgan fingerprint density at radius 3 is 2.06 bits per heavy atom. The van der Waals surface area contributed by atoms with Crippen molar-refractivity contribution in [3.63, 3.8) is 0 Å². The Morgan fingerprint density at radius 1 is 0.935 bits per heavy atom. The van der Waals surface area contributed by atoms with E-state index >= 15 is 0 Å². The maximum absolute atomic E-state index is 12.1. The molecule has 2 atom stereocenters. The molecule has 5 nitrogen and oxygen atoms in total. The highest BCUT2D eigenvalue weighted by atomic mass is 16.5. The van der Waals surface area contributed by atoms with Crippen LogP contribution < -0.4 is 5.32 Å². The number of nitrogens with one attached hydrogen (secondary N) is 1. The van der Waals surface area contributed by atoms with Gasteiger partial charge in [0.25, 0.3) is 0 Å². The minimum atomic E-state index is -1.14. The number of esters is 1. The molecule has 0 aliphatic carbocycles. The van der Waals surface area contributed by atoms with Gasteiger partial charge in [-0.25, -0.2) is 0 Å². The van der Waals surface area contributed by atoms with Crippen molar-refractivity contribution in [1.29, 1.82) is 0 Å². The van der Waals surface area contributed by atoms with Crippen LogP contribution >= 0.6 is 0 Å². The summed E-state index contributed by atoms with van der Waals surface area (Å²) in [6.45, 7) is 8.35. The molecular weight excluding hydrogens is 390 g/mol. The second-order valence-corrected chi connectivity index (χ2v) is 8.79. The van der Waals surface area contributed by atoms with E-state index < -0.39 is 17.9 Å². The topological polar surface area (TPSA) is 75.6 Å². The lowest BCUT2D eigenvalue weighted by molar-refractivity contribution is -0.161. The van der Waals surface area contributed by atoms with Gasteiger partial charge < -0.3 is 15.2 Å². The molecule has 1 aromatic carbocycles. The number of carbonyl (C=O) groups excluding carboxylic acids is 1. The Morgan fingerprint density at radius 2 is 1.52 bits per heavy atom. The van der Waals surface area contributed by atoms with E-state index in [4.69, 9.17) is 4.74 Å². The van der Waals surface area contributed by atoms with Crippen LogP contribution in [-0.4, -0.2) is 29.2 Å². The summed E-state index contributed by atoms with van der Waals surface area (Å²) in [7, 11) is 0. The number of rotatable bonds is 17. The number of unbranched alkanes of at least 4 members (excludes halogenated alkanes) is 6. The second-order valence-electron chi connectivity index (χ2n) is 8.79. The molecule has 0 aliphatic heterocycles. The maximum atomic E-state index is 12.1. The van der Waals surface area contributed by atoms with Gasteiger partial charge in [-0.15, -0.1) is 0 Å². The van der Waals surface area contributed by atoms with E-state index in [1.165, 1.54) is 56.1 Å². The minimum absolute atomic E-state index is 0.0619. The monoisotopic (exact) mass is 433 g/mol. The summed E-state index contributed by atoms with van der Waals surface area (Å²) in [5.41, 5.74) is 2.53. The molecule has 0 saturated carbocycles. The average Bonchev–Trinajstić information content (AvgIpc) is 2.73. The lowest BCUT2D eigenvalue weighted by atomic mass is 9.98. The summed E-state index contributed by atoms with van der Waals surface area (Å²) in [5.74, 6) is -2.91. The van der Waals surface area contributed by atoms with Gasteiger partial charge >= 0.3 is 11.9 Å². The van der Waals surface area contributed by atoms with Gasteiger partial charge in [0.2, 0.25) is 0 Å². The van der Waals surface area contributed by atoms with Crippen LogP contribution in [0.5, 0.6) is 0 Å². The third-order valence-corrected chi connectivity index (χ3v) is 5.63. The van der Waals surface area contributed by atoms with Gasteiger partial charge in [0, 0.05) is 12.6 Å².